The molecule has 0 atom stereocenters. The van der Waals surface area contributed by atoms with Crippen molar-refractivity contribution in [3.8, 4) is 0 Å². The van der Waals surface area contributed by atoms with Crippen molar-refractivity contribution >= 4 is 22.4 Å². The Hall–Kier alpha value is -1.06. The summed E-state index contributed by atoms with van der Waals surface area (Å²) in [6.07, 6.45) is -3.67. The molecule has 1 saturated heterocycles. The van der Waals surface area contributed by atoms with Crippen molar-refractivity contribution in [1.29, 1.82) is 0 Å². The normalized spacial score (nSPS) is 20.4. The quantitative estimate of drug-likeness (QED) is 0.774. The van der Waals surface area contributed by atoms with Gasteiger partial charge in [0.25, 0.3) is 0 Å². The third kappa shape index (κ3) is 3.95. The molecule has 0 bridgehead atoms. The van der Waals surface area contributed by atoms with Crippen molar-refractivity contribution in [3.63, 3.8) is 0 Å². The van der Waals surface area contributed by atoms with Crippen LogP contribution in [-0.2, 0) is 31.1 Å². The van der Waals surface area contributed by atoms with Crippen LogP contribution in [0.1, 0.15) is 38.8 Å². The maximum Gasteiger partial charge on any atom is 0.495 e. The lowest BCUT2D eigenvalue weighted by molar-refractivity contribution is -0.136. The fourth-order valence-corrected chi connectivity index (χ4v) is 3.20. The van der Waals surface area contributed by atoms with E-state index >= 15 is 0 Å². The number of alkyl halides is 3. The van der Waals surface area contributed by atoms with E-state index in [-0.39, 0.29) is 11.0 Å². The highest BCUT2D eigenvalue weighted by Crippen LogP contribution is 2.38. The van der Waals surface area contributed by atoms with Crippen LogP contribution >= 0.6 is 0 Å². The van der Waals surface area contributed by atoms with Gasteiger partial charge in [-0.25, -0.2) is 8.42 Å². The third-order valence-electron chi connectivity index (χ3n) is 4.36. The van der Waals surface area contributed by atoms with E-state index in [1.54, 1.807) is 27.7 Å². The van der Waals surface area contributed by atoms with Gasteiger partial charge in [-0.15, -0.1) is 0 Å². The smallest absolute Gasteiger partial charge is 0.399 e. The number of sulfone groups is 1. The summed E-state index contributed by atoms with van der Waals surface area (Å²) >= 11 is 0. The van der Waals surface area contributed by atoms with Crippen molar-refractivity contribution in [1.82, 2.24) is 0 Å². The molecule has 0 aromatic heterocycles. The summed E-state index contributed by atoms with van der Waals surface area (Å²) in [5.74, 6) is -0.459. The molecule has 1 heterocycles. The van der Waals surface area contributed by atoms with Gasteiger partial charge in [0.15, 0.2) is 9.84 Å². The maximum atomic E-state index is 13.4. The molecule has 2 rings (SSSR count). The summed E-state index contributed by atoms with van der Waals surface area (Å²) in [6, 6.07) is 3.43. The predicted octanol–water partition coefficient (Wildman–Crippen LogP) is 2.55. The molecule has 0 saturated carbocycles. The Bertz CT molecular complexity index is 726. The second-order valence-electron chi connectivity index (χ2n) is 7.08. The molecule has 9 heteroatoms. The Morgan fingerprint density at radius 2 is 1.58 bits per heavy atom. The van der Waals surface area contributed by atoms with Gasteiger partial charge in [-0.05, 0) is 44.8 Å². The van der Waals surface area contributed by atoms with E-state index in [1.807, 2.05) is 0 Å². The molecule has 1 aromatic rings. The molecule has 134 valence electrons. The van der Waals surface area contributed by atoms with Crippen molar-refractivity contribution in [2.45, 2.75) is 50.8 Å². The van der Waals surface area contributed by atoms with Crippen LogP contribution in [0.3, 0.4) is 0 Å². The molecule has 1 aromatic carbocycles. The fraction of sp³-hybridized carbons (Fsp3) is 0.600. The van der Waals surface area contributed by atoms with E-state index < -0.39 is 45.7 Å². The molecule has 1 fully saturated rings. The lowest BCUT2D eigenvalue weighted by Gasteiger charge is -2.32. The molecular weight excluding hydrogens is 344 g/mol. The second-order valence-corrected chi connectivity index (χ2v) is 9.22. The minimum Gasteiger partial charge on any atom is -0.399 e. The lowest BCUT2D eigenvalue weighted by Crippen LogP contribution is -2.41. The Morgan fingerprint density at radius 1 is 1.08 bits per heavy atom. The summed E-state index contributed by atoms with van der Waals surface area (Å²) in [5.41, 5.74) is -2.57. The van der Waals surface area contributed by atoms with Crippen LogP contribution in [0, 0.1) is 0 Å². The summed E-state index contributed by atoms with van der Waals surface area (Å²) in [4.78, 5) is 0. The van der Waals surface area contributed by atoms with Crippen LogP contribution in [-0.4, -0.2) is 33.0 Å². The van der Waals surface area contributed by atoms with E-state index in [0.717, 1.165) is 12.3 Å². The first-order chi connectivity index (χ1) is 10.6. The number of hydrogen-bond acceptors (Lipinski definition) is 4. The van der Waals surface area contributed by atoms with Gasteiger partial charge in [-0.1, -0.05) is 12.1 Å². The molecule has 24 heavy (non-hydrogen) atoms. The number of rotatable bonds is 3. The Kier molecular flexibility index (Phi) is 4.61. The van der Waals surface area contributed by atoms with E-state index in [1.165, 1.54) is 12.1 Å². The van der Waals surface area contributed by atoms with E-state index in [0.29, 0.717) is 0 Å². The SMILES string of the molecule is CC1(C)OB(c2ccc(CS(C)(=O)=O)cc2C(F)(F)F)OC1(C)C. The summed E-state index contributed by atoms with van der Waals surface area (Å²) in [5, 5.41) is 0. The van der Waals surface area contributed by atoms with Crippen molar-refractivity contribution in [2.75, 3.05) is 6.26 Å². The van der Waals surface area contributed by atoms with Gasteiger partial charge < -0.3 is 9.31 Å². The average Bonchev–Trinajstić information content (AvgIpc) is 2.55. The molecule has 0 unspecified atom stereocenters. The van der Waals surface area contributed by atoms with E-state index in [9.17, 15) is 21.6 Å². The minimum atomic E-state index is -4.65. The zero-order valence-corrected chi connectivity index (χ0v) is 15.0. The number of halogens is 3. The highest BCUT2D eigenvalue weighted by atomic mass is 32.2. The summed E-state index contributed by atoms with van der Waals surface area (Å²) in [7, 11) is -4.61. The Labute approximate surface area is 140 Å². The van der Waals surface area contributed by atoms with Crippen LogP contribution in [0.25, 0.3) is 0 Å². The lowest BCUT2D eigenvalue weighted by atomic mass is 9.75. The zero-order chi connectivity index (χ0) is 18.6. The van der Waals surface area contributed by atoms with Gasteiger partial charge in [-0.2, -0.15) is 13.2 Å². The van der Waals surface area contributed by atoms with Crippen LogP contribution in [0.2, 0.25) is 0 Å². The van der Waals surface area contributed by atoms with Gasteiger partial charge in [0.05, 0.1) is 22.5 Å². The second kappa shape index (κ2) is 5.74. The Morgan fingerprint density at radius 3 is 2.00 bits per heavy atom. The molecule has 1 aliphatic heterocycles. The van der Waals surface area contributed by atoms with Crippen molar-refractivity contribution in [2.24, 2.45) is 0 Å². The topological polar surface area (TPSA) is 52.6 Å². The van der Waals surface area contributed by atoms with Crippen LogP contribution in [0.5, 0.6) is 0 Å². The maximum absolute atomic E-state index is 13.4. The molecular formula is C15H20BF3O4S. The molecule has 0 amide bonds. The van der Waals surface area contributed by atoms with Crippen LogP contribution < -0.4 is 5.46 Å². The van der Waals surface area contributed by atoms with Gasteiger partial charge >= 0.3 is 13.3 Å². The third-order valence-corrected chi connectivity index (χ3v) is 5.22. The van der Waals surface area contributed by atoms with Crippen molar-refractivity contribution in [3.05, 3.63) is 29.3 Å². The molecule has 0 aliphatic carbocycles. The average molecular weight is 364 g/mol. The first-order valence-corrected chi connectivity index (χ1v) is 9.42. The molecule has 4 nitrogen and oxygen atoms in total. The zero-order valence-electron chi connectivity index (χ0n) is 14.2. The molecule has 0 spiro atoms. The molecule has 0 radical (unpaired) electrons. The largest absolute Gasteiger partial charge is 0.495 e. The monoisotopic (exact) mass is 364 g/mol. The number of hydrogen-bond donors (Lipinski definition) is 0. The fourth-order valence-electron chi connectivity index (χ4n) is 2.42. The summed E-state index contributed by atoms with van der Waals surface area (Å²) in [6.45, 7) is 6.99. The van der Waals surface area contributed by atoms with Crippen LogP contribution in [0.15, 0.2) is 18.2 Å². The highest BCUT2D eigenvalue weighted by molar-refractivity contribution is 7.89. The van der Waals surface area contributed by atoms with E-state index in [2.05, 4.69) is 0 Å². The summed E-state index contributed by atoms with van der Waals surface area (Å²) < 4.78 is 74.4. The van der Waals surface area contributed by atoms with Crippen molar-refractivity contribution < 1.29 is 30.9 Å². The molecule has 1 aliphatic rings. The predicted molar refractivity (Wildman–Crippen MR) is 85.7 cm³/mol. The molecule has 0 N–H and O–H groups in total. The highest BCUT2D eigenvalue weighted by Gasteiger charge is 2.53. The van der Waals surface area contributed by atoms with Crippen LogP contribution in [0.4, 0.5) is 13.2 Å². The van der Waals surface area contributed by atoms with E-state index in [4.69, 9.17) is 9.31 Å². The Balaban J connectivity index is 2.48. The standard InChI is InChI=1S/C15H20BF3O4S/c1-13(2)14(3,4)23-16(22-13)12-7-6-10(9-24(5,20)21)8-11(12)15(17,18)19/h6-8H,9H2,1-5H3. The van der Waals surface area contributed by atoms with Gasteiger partial charge in [0.1, 0.15) is 0 Å². The first kappa shape index (κ1) is 19.3. The first-order valence-electron chi connectivity index (χ1n) is 7.36. The number of benzene rings is 1. The van der Waals surface area contributed by atoms with Gasteiger partial charge in [0, 0.05) is 6.26 Å². The van der Waals surface area contributed by atoms with Gasteiger partial charge in [0.2, 0.25) is 0 Å². The van der Waals surface area contributed by atoms with Gasteiger partial charge in [-0.3, -0.25) is 0 Å². The minimum absolute atomic E-state index is 0.0742.